The fourth-order valence-corrected chi connectivity index (χ4v) is 5.40. The maximum Gasteiger partial charge on any atom is 0.184 e. The molecule has 2 heterocycles. The largest absolute Gasteiger partial charge is 0.471 e. The van der Waals surface area contributed by atoms with Crippen LogP contribution in [0.1, 0.15) is 142 Å². The molecule has 2 aliphatic rings. The summed E-state index contributed by atoms with van der Waals surface area (Å²) in [4.78, 5) is 7.55. The highest BCUT2D eigenvalue weighted by Crippen LogP contribution is 2.21. The predicted octanol–water partition coefficient (Wildman–Crippen LogP) is 8.88. The van der Waals surface area contributed by atoms with E-state index in [0.29, 0.717) is 0 Å². The van der Waals surface area contributed by atoms with Crippen LogP contribution in [0.25, 0.3) is 0 Å². The Kier molecular flexibility index (Phi) is 19.3. The van der Waals surface area contributed by atoms with E-state index in [2.05, 4.69) is 30.9 Å². The molecule has 0 bridgehead atoms. The molecule has 1 fully saturated rings. The number of nitrogens with zero attached hydrogens (tertiary/aromatic N) is 2. The first kappa shape index (κ1) is 31.3. The molecule has 4 nitrogen and oxygen atoms in total. The first-order chi connectivity index (χ1) is 17.8. The van der Waals surface area contributed by atoms with Gasteiger partial charge >= 0.3 is 0 Å². The van der Waals surface area contributed by atoms with Crippen LogP contribution in [0.15, 0.2) is 17.1 Å². The second-order valence-electron chi connectivity index (χ2n) is 11.2. The lowest BCUT2D eigenvalue weighted by molar-refractivity contribution is 0.0321. The van der Waals surface area contributed by atoms with Gasteiger partial charge in [0.1, 0.15) is 12.1 Å². The van der Waals surface area contributed by atoms with Gasteiger partial charge in [0.05, 0.1) is 13.2 Å². The molecule has 0 aromatic carbocycles. The van der Waals surface area contributed by atoms with Crippen LogP contribution >= 0.6 is 0 Å². The molecule has 0 aromatic heterocycles. The van der Waals surface area contributed by atoms with Gasteiger partial charge in [0.15, 0.2) is 5.90 Å². The van der Waals surface area contributed by atoms with E-state index in [1.165, 1.54) is 122 Å². The molecule has 0 N–H and O–H groups in total. The van der Waals surface area contributed by atoms with Gasteiger partial charge < -0.3 is 9.47 Å². The molecule has 2 rings (SSSR count). The molecule has 2 atom stereocenters. The number of hydrogen-bond acceptors (Lipinski definition) is 4. The van der Waals surface area contributed by atoms with Crippen LogP contribution in [0.3, 0.4) is 0 Å². The Balaban J connectivity index is 1.60. The number of rotatable bonds is 23. The van der Waals surface area contributed by atoms with Gasteiger partial charge in [-0.15, -0.1) is 0 Å². The highest BCUT2D eigenvalue weighted by atomic mass is 16.5. The fraction of sp³-hybridized carbons (Fsp3) is 0.906. The van der Waals surface area contributed by atoms with Crippen molar-refractivity contribution in [2.24, 2.45) is 4.99 Å². The first-order valence-corrected chi connectivity index (χ1v) is 16.0. The SMILES string of the molecule is CCCCCCCCCCCCC/C=C/[C@H]1OC(CCCCCCCCC)=N[C@@H]1CN1CCOCC1. The van der Waals surface area contributed by atoms with Gasteiger partial charge in [0.2, 0.25) is 0 Å². The summed E-state index contributed by atoms with van der Waals surface area (Å²) in [7, 11) is 0. The number of hydrogen-bond donors (Lipinski definition) is 0. The Hall–Kier alpha value is -0.870. The zero-order valence-corrected chi connectivity index (χ0v) is 24.2. The summed E-state index contributed by atoms with van der Waals surface area (Å²) in [5, 5.41) is 0. The van der Waals surface area contributed by atoms with Crippen molar-refractivity contribution in [2.45, 2.75) is 154 Å². The van der Waals surface area contributed by atoms with Crippen LogP contribution in [0.5, 0.6) is 0 Å². The molecule has 0 aromatic rings. The molecule has 2 aliphatic heterocycles. The van der Waals surface area contributed by atoms with Crippen LogP contribution < -0.4 is 0 Å². The van der Waals surface area contributed by atoms with Crippen molar-refractivity contribution < 1.29 is 9.47 Å². The molecule has 0 radical (unpaired) electrons. The Labute approximate surface area is 224 Å². The van der Waals surface area contributed by atoms with Crippen molar-refractivity contribution in [3.05, 3.63) is 12.2 Å². The fourth-order valence-electron chi connectivity index (χ4n) is 5.40. The standard InChI is InChI=1S/C32H60N2O2/c1-3-5-7-9-11-12-13-14-15-16-18-19-21-23-31-30(29-34-25-27-35-28-26-34)33-32(36-31)24-22-20-17-10-8-6-4-2/h21,23,30-31H,3-20,22,24-29H2,1-2H3/b23-21+/t30-,31-/m1/s1. The summed E-state index contributed by atoms with van der Waals surface area (Å²) in [6.07, 6.45) is 31.8. The van der Waals surface area contributed by atoms with Gasteiger partial charge in [0, 0.05) is 26.1 Å². The quantitative estimate of drug-likeness (QED) is 0.103. The third-order valence-electron chi connectivity index (χ3n) is 7.80. The Morgan fingerprint density at radius 2 is 1.25 bits per heavy atom. The van der Waals surface area contributed by atoms with Crippen LogP contribution in [-0.2, 0) is 9.47 Å². The van der Waals surface area contributed by atoms with Crippen molar-refractivity contribution in [1.29, 1.82) is 0 Å². The van der Waals surface area contributed by atoms with Crippen LogP contribution in [-0.4, -0.2) is 55.8 Å². The van der Waals surface area contributed by atoms with E-state index in [1.54, 1.807) is 0 Å². The molecular formula is C32H60N2O2. The molecule has 0 unspecified atom stereocenters. The lowest BCUT2D eigenvalue weighted by Gasteiger charge is -2.29. The lowest BCUT2D eigenvalue weighted by atomic mass is 10.0. The van der Waals surface area contributed by atoms with Gasteiger partial charge in [0.25, 0.3) is 0 Å². The number of aliphatic imine (C=N–C) groups is 1. The summed E-state index contributed by atoms with van der Waals surface area (Å²) in [6.45, 7) is 9.32. The minimum atomic E-state index is 0.125. The monoisotopic (exact) mass is 504 g/mol. The van der Waals surface area contributed by atoms with Crippen molar-refractivity contribution >= 4 is 5.90 Å². The van der Waals surface area contributed by atoms with E-state index in [4.69, 9.17) is 14.5 Å². The molecule has 4 heteroatoms. The van der Waals surface area contributed by atoms with Gasteiger partial charge in [-0.3, -0.25) is 4.90 Å². The Morgan fingerprint density at radius 1 is 0.722 bits per heavy atom. The summed E-state index contributed by atoms with van der Waals surface area (Å²) in [5.41, 5.74) is 0. The second kappa shape index (κ2) is 22.1. The minimum Gasteiger partial charge on any atom is -0.471 e. The maximum absolute atomic E-state index is 6.37. The minimum absolute atomic E-state index is 0.125. The molecule has 0 spiro atoms. The molecule has 210 valence electrons. The van der Waals surface area contributed by atoms with Crippen molar-refractivity contribution in [1.82, 2.24) is 4.90 Å². The summed E-state index contributed by atoms with van der Waals surface area (Å²) >= 11 is 0. The second-order valence-corrected chi connectivity index (χ2v) is 11.2. The average molecular weight is 505 g/mol. The van der Waals surface area contributed by atoms with Crippen molar-refractivity contribution in [3.63, 3.8) is 0 Å². The summed E-state index contributed by atoms with van der Waals surface area (Å²) < 4.78 is 11.9. The topological polar surface area (TPSA) is 34.1 Å². The number of morpholine rings is 1. The van der Waals surface area contributed by atoms with E-state index < -0.39 is 0 Å². The molecule has 0 amide bonds. The van der Waals surface area contributed by atoms with E-state index in [-0.39, 0.29) is 12.1 Å². The number of unbranched alkanes of at least 4 members (excludes halogenated alkanes) is 17. The molecule has 1 saturated heterocycles. The highest BCUT2D eigenvalue weighted by molar-refractivity contribution is 5.78. The van der Waals surface area contributed by atoms with Gasteiger partial charge in [-0.25, -0.2) is 4.99 Å². The third kappa shape index (κ3) is 15.4. The van der Waals surface area contributed by atoms with Gasteiger partial charge in [-0.2, -0.15) is 0 Å². The van der Waals surface area contributed by atoms with E-state index in [1.807, 2.05) is 0 Å². The number of allylic oxidation sites excluding steroid dienone is 1. The summed E-state index contributed by atoms with van der Waals surface area (Å²) in [5.74, 6) is 1.01. The molecule has 36 heavy (non-hydrogen) atoms. The predicted molar refractivity (Wildman–Crippen MR) is 156 cm³/mol. The van der Waals surface area contributed by atoms with Crippen molar-refractivity contribution in [3.8, 4) is 0 Å². The molecule has 0 aliphatic carbocycles. The maximum atomic E-state index is 6.37. The highest BCUT2D eigenvalue weighted by Gasteiger charge is 2.30. The van der Waals surface area contributed by atoms with E-state index in [0.717, 1.165) is 45.2 Å². The summed E-state index contributed by atoms with van der Waals surface area (Å²) in [6, 6.07) is 0.247. The third-order valence-corrected chi connectivity index (χ3v) is 7.80. The normalized spacial score (nSPS) is 20.8. The van der Waals surface area contributed by atoms with Crippen LogP contribution in [0.4, 0.5) is 0 Å². The molecule has 0 saturated carbocycles. The Morgan fingerprint density at radius 3 is 1.83 bits per heavy atom. The van der Waals surface area contributed by atoms with E-state index in [9.17, 15) is 0 Å². The number of ether oxygens (including phenoxy) is 2. The average Bonchev–Trinajstić information content (AvgIpc) is 3.28. The van der Waals surface area contributed by atoms with Crippen LogP contribution in [0.2, 0.25) is 0 Å². The van der Waals surface area contributed by atoms with Crippen LogP contribution in [0, 0.1) is 0 Å². The van der Waals surface area contributed by atoms with E-state index >= 15 is 0 Å². The van der Waals surface area contributed by atoms with Gasteiger partial charge in [-0.1, -0.05) is 123 Å². The van der Waals surface area contributed by atoms with Crippen molar-refractivity contribution in [2.75, 3.05) is 32.8 Å². The first-order valence-electron chi connectivity index (χ1n) is 16.0. The zero-order chi connectivity index (χ0) is 25.5. The lowest BCUT2D eigenvalue weighted by Crippen LogP contribution is -2.42. The smallest absolute Gasteiger partial charge is 0.184 e. The zero-order valence-electron chi connectivity index (χ0n) is 24.2. The Bertz CT molecular complexity index is 556. The molecular weight excluding hydrogens is 444 g/mol. The van der Waals surface area contributed by atoms with Gasteiger partial charge in [-0.05, 0) is 25.3 Å².